The van der Waals surface area contributed by atoms with E-state index in [2.05, 4.69) is 0 Å². The molecule has 38 heavy (non-hydrogen) atoms. The largest absolute Gasteiger partial charge is 1.00 e. The standard InChI is InChI=1S/C28H22O6S2.2Na/c29-35(30,31)27-7-3-1-5-25(27)19-13-21-9-15-23(16-10-21)24-17-11-22(12-18-24)14-20-26-6-2-4-8-28(26)36(32,33)34;;/h1-20H,(H,29,30,31)(H,32,33,34);;/q;2*+1/b19-13+,20-14+;;. The molecule has 0 aliphatic heterocycles. The van der Waals surface area contributed by atoms with Crippen LogP contribution in [0.4, 0.5) is 0 Å². The molecular formula is C28H22Na2O6S2+2. The quantitative estimate of drug-likeness (QED) is 0.189. The maximum absolute atomic E-state index is 11.5. The van der Waals surface area contributed by atoms with Crippen LogP contribution >= 0.6 is 0 Å². The molecular weight excluding hydrogens is 542 g/mol. The van der Waals surface area contributed by atoms with E-state index in [0.717, 1.165) is 22.3 Å². The van der Waals surface area contributed by atoms with E-state index >= 15 is 0 Å². The second-order valence-electron chi connectivity index (χ2n) is 7.94. The second-order valence-corrected chi connectivity index (χ2v) is 10.7. The van der Waals surface area contributed by atoms with Gasteiger partial charge >= 0.3 is 59.1 Å². The molecule has 0 aromatic heterocycles. The van der Waals surface area contributed by atoms with Crippen molar-refractivity contribution < 1.29 is 85.1 Å². The molecule has 0 saturated carbocycles. The summed E-state index contributed by atoms with van der Waals surface area (Å²) < 4.78 is 64.9. The van der Waals surface area contributed by atoms with Gasteiger partial charge in [-0.15, -0.1) is 0 Å². The first-order valence-corrected chi connectivity index (χ1v) is 13.7. The van der Waals surface area contributed by atoms with Gasteiger partial charge in [0, 0.05) is 0 Å². The molecule has 10 heteroatoms. The van der Waals surface area contributed by atoms with E-state index < -0.39 is 20.2 Å². The van der Waals surface area contributed by atoms with Crippen molar-refractivity contribution in [3.8, 4) is 11.1 Å². The zero-order chi connectivity index (χ0) is 25.8. The Morgan fingerprint density at radius 2 is 0.763 bits per heavy atom. The van der Waals surface area contributed by atoms with Gasteiger partial charge in [0.15, 0.2) is 0 Å². The Morgan fingerprint density at radius 3 is 1.08 bits per heavy atom. The molecule has 0 atom stereocenters. The molecule has 4 rings (SSSR count). The Morgan fingerprint density at radius 1 is 0.447 bits per heavy atom. The van der Waals surface area contributed by atoms with E-state index in [4.69, 9.17) is 0 Å². The zero-order valence-corrected chi connectivity index (χ0v) is 26.5. The third-order valence-electron chi connectivity index (χ3n) is 5.46. The Bertz CT molecular complexity index is 1530. The fourth-order valence-corrected chi connectivity index (χ4v) is 5.02. The number of hydrogen-bond acceptors (Lipinski definition) is 4. The minimum absolute atomic E-state index is 0. The smallest absolute Gasteiger partial charge is 0.282 e. The summed E-state index contributed by atoms with van der Waals surface area (Å²) in [4.78, 5) is -0.290. The van der Waals surface area contributed by atoms with Gasteiger partial charge in [0.05, 0.1) is 0 Å². The van der Waals surface area contributed by atoms with Crippen LogP contribution in [0.3, 0.4) is 0 Å². The summed E-state index contributed by atoms with van der Waals surface area (Å²) in [6.45, 7) is 0. The molecule has 0 bridgehead atoms. The number of benzene rings is 4. The van der Waals surface area contributed by atoms with E-state index in [9.17, 15) is 25.9 Å². The Labute approximate surface area is 267 Å². The Hall–Kier alpha value is -1.82. The van der Waals surface area contributed by atoms with Crippen LogP contribution in [0.15, 0.2) is 107 Å². The van der Waals surface area contributed by atoms with Crippen LogP contribution in [0.25, 0.3) is 35.4 Å². The van der Waals surface area contributed by atoms with Gasteiger partial charge in [0.1, 0.15) is 9.79 Å². The van der Waals surface area contributed by atoms with Gasteiger partial charge in [-0.25, -0.2) is 0 Å². The monoisotopic (exact) mass is 564 g/mol. The number of rotatable bonds is 7. The van der Waals surface area contributed by atoms with Gasteiger partial charge in [0.2, 0.25) is 0 Å². The van der Waals surface area contributed by atoms with Crippen LogP contribution in [0.1, 0.15) is 22.3 Å². The van der Waals surface area contributed by atoms with Crippen LogP contribution in [0.2, 0.25) is 0 Å². The van der Waals surface area contributed by atoms with E-state index in [1.54, 1.807) is 60.7 Å². The molecule has 0 spiro atoms. The van der Waals surface area contributed by atoms with Gasteiger partial charge in [-0.05, 0) is 45.5 Å². The van der Waals surface area contributed by atoms with Crippen molar-refractivity contribution in [3.63, 3.8) is 0 Å². The van der Waals surface area contributed by atoms with E-state index in [-0.39, 0.29) is 68.9 Å². The molecule has 2 N–H and O–H groups in total. The molecule has 0 heterocycles. The molecule has 182 valence electrons. The van der Waals surface area contributed by atoms with E-state index in [1.165, 1.54) is 12.1 Å². The molecule has 0 unspecified atom stereocenters. The summed E-state index contributed by atoms with van der Waals surface area (Å²) in [5, 5.41) is 0. The van der Waals surface area contributed by atoms with Crippen molar-refractivity contribution in [1.29, 1.82) is 0 Å². The van der Waals surface area contributed by atoms with Crippen LogP contribution in [0.5, 0.6) is 0 Å². The van der Waals surface area contributed by atoms with Gasteiger partial charge in [-0.1, -0.05) is 109 Å². The maximum atomic E-state index is 11.5. The molecule has 4 aromatic rings. The third-order valence-corrected chi connectivity index (χ3v) is 7.31. The predicted molar refractivity (Wildman–Crippen MR) is 142 cm³/mol. The topological polar surface area (TPSA) is 109 Å². The van der Waals surface area contributed by atoms with Crippen molar-refractivity contribution in [2.75, 3.05) is 0 Å². The minimum atomic E-state index is -4.31. The second kappa shape index (κ2) is 14.0. The predicted octanol–water partition coefficient (Wildman–Crippen LogP) is 0.196. The SMILES string of the molecule is O=S(=O)(O)c1ccccc1/C=C/c1ccc(-c2ccc(/C=C/c3ccccc3S(=O)(=O)O)cc2)cc1.[Na+].[Na+]. The molecule has 0 fully saturated rings. The number of hydrogen-bond donors (Lipinski definition) is 2. The van der Waals surface area contributed by atoms with Gasteiger partial charge < -0.3 is 0 Å². The normalized spacial score (nSPS) is 11.7. The van der Waals surface area contributed by atoms with Crippen molar-refractivity contribution in [2.45, 2.75) is 9.79 Å². The van der Waals surface area contributed by atoms with E-state index in [1.807, 2.05) is 48.5 Å². The van der Waals surface area contributed by atoms with Crippen LogP contribution in [-0.4, -0.2) is 25.9 Å². The summed E-state index contributed by atoms with van der Waals surface area (Å²) in [5.41, 5.74) is 4.48. The average Bonchev–Trinajstić information content (AvgIpc) is 2.86. The summed E-state index contributed by atoms with van der Waals surface area (Å²) in [6.07, 6.45) is 6.82. The minimum Gasteiger partial charge on any atom is -0.282 e. The molecule has 4 aromatic carbocycles. The summed E-state index contributed by atoms with van der Waals surface area (Å²) in [5.74, 6) is 0. The average molecular weight is 565 g/mol. The summed E-state index contributed by atoms with van der Waals surface area (Å²) in [6, 6.07) is 27.8. The van der Waals surface area contributed by atoms with Gasteiger partial charge in [-0.2, -0.15) is 16.8 Å². The molecule has 0 amide bonds. The van der Waals surface area contributed by atoms with Crippen molar-refractivity contribution >= 4 is 44.5 Å². The molecule has 0 aliphatic carbocycles. The first kappa shape index (κ1) is 32.4. The summed E-state index contributed by atoms with van der Waals surface area (Å²) >= 11 is 0. The van der Waals surface area contributed by atoms with Crippen LogP contribution in [0, 0.1) is 0 Å². The van der Waals surface area contributed by atoms with E-state index in [0.29, 0.717) is 11.1 Å². The van der Waals surface area contributed by atoms with Gasteiger partial charge in [0.25, 0.3) is 20.2 Å². The molecule has 6 nitrogen and oxygen atoms in total. The first-order chi connectivity index (χ1) is 17.1. The van der Waals surface area contributed by atoms with Gasteiger partial charge in [-0.3, -0.25) is 9.11 Å². The van der Waals surface area contributed by atoms with Crippen molar-refractivity contribution in [1.82, 2.24) is 0 Å². The van der Waals surface area contributed by atoms with Crippen molar-refractivity contribution in [3.05, 3.63) is 119 Å². The molecule has 0 radical (unpaired) electrons. The fraction of sp³-hybridized carbons (Fsp3) is 0. The Balaban J connectivity index is 0.00000253. The Kier molecular flexibility index (Phi) is 11.9. The third kappa shape index (κ3) is 8.59. The van der Waals surface area contributed by atoms with Crippen LogP contribution in [-0.2, 0) is 20.2 Å². The van der Waals surface area contributed by atoms with Crippen LogP contribution < -0.4 is 59.1 Å². The maximum Gasteiger partial charge on any atom is 1.00 e. The zero-order valence-electron chi connectivity index (χ0n) is 20.9. The molecule has 0 saturated heterocycles. The molecule has 0 aliphatic rings. The summed E-state index contributed by atoms with van der Waals surface area (Å²) in [7, 11) is -8.61. The fourth-order valence-electron chi connectivity index (χ4n) is 3.65. The first-order valence-electron chi connectivity index (χ1n) is 10.8. The van der Waals surface area contributed by atoms with Crippen molar-refractivity contribution in [2.24, 2.45) is 0 Å².